The molecule has 0 spiro atoms. The fraction of sp³-hybridized carbons (Fsp3) is 0.600. The summed E-state index contributed by atoms with van der Waals surface area (Å²) in [6.07, 6.45) is 1.74. The molecule has 1 rings (SSSR count). The smallest absolute Gasteiger partial charge is 0.178 e. The van der Waals surface area contributed by atoms with Gasteiger partial charge in [0.25, 0.3) is 0 Å². The predicted octanol–water partition coefficient (Wildman–Crippen LogP) is 2.69. The van der Waals surface area contributed by atoms with Gasteiger partial charge in [0.2, 0.25) is 0 Å². The van der Waals surface area contributed by atoms with Crippen LogP contribution in [0, 0.1) is 5.41 Å². The lowest BCUT2D eigenvalue weighted by Crippen LogP contribution is -2.23. The van der Waals surface area contributed by atoms with Crippen LogP contribution in [0.1, 0.15) is 33.6 Å². The lowest BCUT2D eigenvalue weighted by atomic mass is 9.88. The standard InChI is InChI=1S/C15H25NO3S/c1-4-20(18,19)14-8-6-13(7-9-14)16-12-15(2,3)10-5-11-17/h6-9,16-17H,4-5,10-12H2,1-3H3. The van der Waals surface area contributed by atoms with Crippen molar-refractivity contribution < 1.29 is 13.5 Å². The van der Waals surface area contributed by atoms with E-state index in [1.807, 2.05) is 0 Å². The number of hydrogen-bond acceptors (Lipinski definition) is 4. The number of rotatable bonds is 8. The number of nitrogens with one attached hydrogen (secondary N) is 1. The van der Waals surface area contributed by atoms with E-state index in [2.05, 4.69) is 19.2 Å². The molecule has 0 fully saturated rings. The molecule has 2 N–H and O–H groups in total. The van der Waals surface area contributed by atoms with Crippen LogP contribution in [-0.4, -0.2) is 32.4 Å². The maximum Gasteiger partial charge on any atom is 0.178 e. The van der Waals surface area contributed by atoms with E-state index >= 15 is 0 Å². The highest BCUT2D eigenvalue weighted by Crippen LogP contribution is 2.23. The molecular weight excluding hydrogens is 274 g/mol. The first kappa shape index (κ1) is 17.0. The third-order valence-corrected chi connectivity index (χ3v) is 5.13. The van der Waals surface area contributed by atoms with Crippen LogP contribution in [0.25, 0.3) is 0 Å². The van der Waals surface area contributed by atoms with Gasteiger partial charge in [-0.3, -0.25) is 0 Å². The average molecular weight is 299 g/mol. The zero-order chi connectivity index (χ0) is 15.2. The summed E-state index contributed by atoms with van der Waals surface area (Å²) in [6.45, 7) is 6.93. The SMILES string of the molecule is CCS(=O)(=O)c1ccc(NCC(C)(C)CCCO)cc1. The van der Waals surface area contributed by atoms with E-state index in [4.69, 9.17) is 5.11 Å². The van der Waals surface area contributed by atoms with Gasteiger partial charge in [0.05, 0.1) is 10.6 Å². The minimum Gasteiger partial charge on any atom is -0.396 e. The van der Waals surface area contributed by atoms with E-state index in [0.29, 0.717) is 4.90 Å². The molecule has 0 radical (unpaired) electrons. The first-order chi connectivity index (χ1) is 9.30. The van der Waals surface area contributed by atoms with Gasteiger partial charge in [-0.25, -0.2) is 8.42 Å². The third-order valence-electron chi connectivity index (χ3n) is 3.38. The average Bonchev–Trinajstić information content (AvgIpc) is 2.43. The van der Waals surface area contributed by atoms with E-state index in [0.717, 1.165) is 25.1 Å². The quantitative estimate of drug-likeness (QED) is 0.774. The van der Waals surface area contributed by atoms with Gasteiger partial charge in [-0.05, 0) is 42.5 Å². The van der Waals surface area contributed by atoms with E-state index in [-0.39, 0.29) is 17.8 Å². The Morgan fingerprint density at radius 3 is 2.30 bits per heavy atom. The molecule has 0 bridgehead atoms. The fourth-order valence-electron chi connectivity index (χ4n) is 1.93. The van der Waals surface area contributed by atoms with Crippen LogP contribution in [0.5, 0.6) is 0 Å². The van der Waals surface area contributed by atoms with Crippen molar-refractivity contribution in [1.29, 1.82) is 0 Å². The molecule has 0 aliphatic carbocycles. The van der Waals surface area contributed by atoms with E-state index in [9.17, 15) is 8.42 Å². The molecular formula is C15H25NO3S. The molecule has 5 heteroatoms. The Bertz CT molecular complexity index is 506. The van der Waals surface area contributed by atoms with Crippen LogP contribution in [0.2, 0.25) is 0 Å². The lowest BCUT2D eigenvalue weighted by molar-refractivity contribution is 0.248. The zero-order valence-corrected chi connectivity index (χ0v) is 13.3. The molecule has 0 unspecified atom stereocenters. The molecule has 0 atom stereocenters. The molecule has 1 aromatic carbocycles. The first-order valence-corrected chi connectivity index (χ1v) is 8.63. The van der Waals surface area contributed by atoms with Crippen molar-refractivity contribution in [1.82, 2.24) is 0 Å². The molecule has 0 aromatic heterocycles. The molecule has 114 valence electrons. The summed E-state index contributed by atoms with van der Waals surface area (Å²) in [6, 6.07) is 6.87. The molecule has 4 nitrogen and oxygen atoms in total. The summed E-state index contributed by atoms with van der Waals surface area (Å²) in [4.78, 5) is 0.366. The normalized spacial score (nSPS) is 12.4. The van der Waals surface area contributed by atoms with Crippen LogP contribution < -0.4 is 5.32 Å². The van der Waals surface area contributed by atoms with Crippen molar-refractivity contribution in [3.05, 3.63) is 24.3 Å². The Labute approximate surface area is 122 Å². The Morgan fingerprint density at radius 1 is 1.20 bits per heavy atom. The number of aliphatic hydroxyl groups is 1. The number of benzene rings is 1. The van der Waals surface area contributed by atoms with Crippen LogP contribution >= 0.6 is 0 Å². The van der Waals surface area contributed by atoms with Gasteiger partial charge in [0, 0.05) is 18.8 Å². The maximum absolute atomic E-state index is 11.7. The number of sulfone groups is 1. The third kappa shape index (κ3) is 5.13. The highest BCUT2D eigenvalue weighted by Gasteiger charge is 2.17. The first-order valence-electron chi connectivity index (χ1n) is 6.98. The number of hydrogen-bond donors (Lipinski definition) is 2. The van der Waals surface area contributed by atoms with Gasteiger partial charge < -0.3 is 10.4 Å². The van der Waals surface area contributed by atoms with Crippen LogP contribution in [0.15, 0.2) is 29.2 Å². The second-order valence-corrected chi connectivity index (χ2v) is 8.05. The minimum atomic E-state index is -3.13. The van der Waals surface area contributed by atoms with Crippen molar-refractivity contribution in [2.24, 2.45) is 5.41 Å². The molecule has 1 aromatic rings. The van der Waals surface area contributed by atoms with Crippen molar-refractivity contribution in [3.63, 3.8) is 0 Å². The van der Waals surface area contributed by atoms with Crippen LogP contribution in [0.3, 0.4) is 0 Å². The predicted molar refractivity (Wildman–Crippen MR) is 82.8 cm³/mol. The van der Waals surface area contributed by atoms with Gasteiger partial charge in [-0.15, -0.1) is 0 Å². The molecule has 0 heterocycles. The zero-order valence-electron chi connectivity index (χ0n) is 12.5. The summed E-state index contributed by atoms with van der Waals surface area (Å²) < 4.78 is 23.4. The molecule has 0 aliphatic rings. The fourth-order valence-corrected chi connectivity index (χ4v) is 2.82. The van der Waals surface area contributed by atoms with Gasteiger partial charge >= 0.3 is 0 Å². The highest BCUT2D eigenvalue weighted by atomic mass is 32.2. The summed E-state index contributed by atoms with van der Waals surface area (Å²) in [7, 11) is -3.13. The summed E-state index contributed by atoms with van der Waals surface area (Å²) >= 11 is 0. The van der Waals surface area contributed by atoms with Crippen LogP contribution in [0.4, 0.5) is 5.69 Å². The molecule has 0 saturated carbocycles. The number of aliphatic hydroxyl groups excluding tert-OH is 1. The summed E-state index contributed by atoms with van der Waals surface area (Å²) in [5.74, 6) is 0.119. The molecule has 20 heavy (non-hydrogen) atoms. The topological polar surface area (TPSA) is 66.4 Å². The van der Waals surface area contributed by atoms with Crippen molar-refractivity contribution >= 4 is 15.5 Å². The number of anilines is 1. The second kappa shape index (κ2) is 7.09. The second-order valence-electron chi connectivity index (χ2n) is 5.77. The van der Waals surface area contributed by atoms with Gasteiger partial charge in [-0.2, -0.15) is 0 Å². The summed E-state index contributed by atoms with van der Waals surface area (Å²) in [5.41, 5.74) is 1.01. The van der Waals surface area contributed by atoms with Gasteiger partial charge in [0.1, 0.15) is 0 Å². The Morgan fingerprint density at radius 2 is 1.80 bits per heavy atom. The van der Waals surface area contributed by atoms with Crippen LogP contribution in [-0.2, 0) is 9.84 Å². The minimum absolute atomic E-state index is 0.0941. The van der Waals surface area contributed by atoms with Crippen molar-refractivity contribution in [2.75, 3.05) is 24.2 Å². The maximum atomic E-state index is 11.7. The van der Waals surface area contributed by atoms with Gasteiger partial charge in [-0.1, -0.05) is 20.8 Å². The molecule has 0 saturated heterocycles. The summed E-state index contributed by atoms with van der Waals surface area (Å²) in [5, 5.41) is 12.2. The molecule has 0 amide bonds. The Hall–Kier alpha value is -1.07. The largest absolute Gasteiger partial charge is 0.396 e. The highest BCUT2D eigenvalue weighted by molar-refractivity contribution is 7.91. The van der Waals surface area contributed by atoms with E-state index < -0.39 is 9.84 Å². The van der Waals surface area contributed by atoms with Crippen molar-refractivity contribution in [3.8, 4) is 0 Å². The lowest BCUT2D eigenvalue weighted by Gasteiger charge is -2.25. The Balaban J connectivity index is 2.63. The van der Waals surface area contributed by atoms with E-state index in [1.54, 1.807) is 31.2 Å². The van der Waals surface area contributed by atoms with Gasteiger partial charge in [0.15, 0.2) is 9.84 Å². The Kier molecular flexibility index (Phi) is 6.02. The van der Waals surface area contributed by atoms with Crippen molar-refractivity contribution in [2.45, 2.75) is 38.5 Å². The molecule has 0 aliphatic heterocycles. The van der Waals surface area contributed by atoms with E-state index in [1.165, 1.54) is 0 Å². The monoisotopic (exact) mass is 299 g/mol.